The lowest BCUT2D eigenvalue weighted by Crippen LogP contribution is -2.42. The Morgan fingerprint density at radius 2 is 1.74 bits per heavy atom. The molecular weight excluding hydrogens is 434 g/mol. The van der Waals surface area contributed by atoms with Crippen LogP contribution in [0.15, 0.2) is 24.3 Å². The van der Waals surface area contributed by atoms with Crippen molar-refractivity contribution in [3.8, 4) is 11.1 Å². The fourth-order valence-corrected chi connectivity index (χ4v) is 7.19. The maximum absolute atomic E-state index is 12.6. The summed E-state index contributed by atoms with van der Waals surface area (Å²) in [6, 6.07) is 9.24. The van der Waals surface area contributed by atoms with Gasteiger partial charge in [-0.05, 0) is 112 Å². The van der Waals surface area contributed by atoms with Crippen molar-refractivity contribution in [2.45, 2.75) is 97.9 Å². The van der Waals surface area contributed by atoms with E-state index in [-0.39, 0.29) is 0 Å². The van der Waals surface area contributed by atoms with Crippen LogP contribution in [-0.4, -0.2) is 34.2 Å². The first-order chi connectivity index (χ1) is 16.5. The van der Waals surface area contributed by atoms with Crippen molar-refractivity contribution in [3.63, 3.8) is 0 Å². The molecule has 2 bridgehead atoms. The first-order valence-electron chi connectivity index (χ1n) is 13.4. The highest BCUT2D eigenvalue weighted by molar-refractivity contribution is 5.84. The van der Waals surface area contributed by atoms with Crippen LogP contribution < -0.4 is 0 Å². The molecular formula is C31H41NO3. The number of rotatable bonds is 5. The fraction of sp³-hybridized carbons (Fsp3) is 0.581. The number of hydrogen-bond acceptors (Lipinski definition) is 3. The van der Waals surface area contributed by atoms with Crippen molar-refractivity contribution in [2.75, 3.05) is 6.54 Å². The van der Waals surface area contributed by atoms with Gasteiger partial charge in [0.1, 0.15) is 0 Å². The smallest absolute Gasteiger partial charge is 0.337 e. The number of carboxylic acid groups (broad SMARTS) is 1. The standard InChI is InChI=1S/C31H41NO3/c1-18-7-10-22(11-8-18)27-20(3)25-17-32(26-16-21-9-12-23(26)15-21)14-13-24(25)19(2)28(27)29(30(33)34)35-31(4,5)6/h7-8,10-11,21,23,26,29H,9,12-17H2,1-6H3,(H,33,34)/t21?,23?,26?,29-/m0/s1. The van der Waals surface area contributed by atoms with Crippen LogP contribution in [0.5, 0.6) is 0 Å². The average molecular weight is 476 g/mol. The van der Waals surface area contributed by atoms with E-state index in [2.05, 4.69) is 49.9 Å². The summed E-state index contributed by atoms with van der Waals surface area (Å²) in [4.78, 5) is 15.4. The van der Waals surface area contributed by atoms with Gasteiger partial charge in [0, 0.05) is 24.7 Å². The zero-order chi connectivity index (χ0) is 25.1. The van der Waals surface area contributed by atoms with Crippen LogP contribution in [0.2, 0.25) is 0 Å². The Labute approximate surface area is 210 Å². The lowest BCUT2D eigenvalue weighted by molar-refractivity contribution is -0.160. The summed E-state index contributed by atoms with van der Waals surface area (Å²) in [5.41, 5.74) is 8.68. The predicted octanol–water partition coefficient (Wildman–Crippen LogP) is 6.77. The molecule has 2 saturated carbocycles. The summed E-state index contributed by atoms with van der Waals surface area (Å²) in [6.07, 6.45) is 5.59. The second-order valence-electron chi connectivity index (χ2n) is 12.3. The van der Waals surface area contributed by atoms with Crippen LogP contribution in [-0.2, 0) is 22.5 Å². The minimum Gasteiger partial charge on any atom is -0.479 e. The van der Waals surface area contributed by atoms with E-state index in [1.807, 2.05) is 20.8 Å². The maximum Gasteiger partial charge on any atom is 0.337 e. The first kappa shape index (κ1) is 24.5. The Morgan fingerprint density at radius 1 is 1.03 bits per heavy atom. The largest absolute Gasteiger partial charge is 0.479 e. The zero-order valence-electron chi connectivity index (χ0n) is 22.3. The van der Waals surface area contributed by atoms with E-state index >= 15 is 0 Å². The number of fused-ring (bicyclic) bond motifs is 3. The highest BCUT2D eigenvalue weighted by Crippen LogP contribution is 2.49. The summed E-state index contributed by atoms with van der Waals surface area (Å²) in [5, 5.41) is 10.3. The molecule has 188 valence electrons. The molecule has 1 N–H and O–H groups in total. The molecule has 3 aliphatic rings. The van der Waals surface area contributed by atoms with E-state index in [1.165, 1.54) is 47.9 Å². The molecule has 0 radical (unpaired) electrons. The Kier molecular flexibility index (Phi) is 6.34. The molecule has 4 heteroatoms. The van der Waals surface area contributed by atoms with Crippen molar-refractivity contribution in [1.82, 2.24) is 4.90 Å². The van der Waals surface area contributed by atoms with Gasteiger partial charge in [-0.2, -0.15) is 0 Å². The van der Waals surface area contributed by atoms with Gasteiger partial charge in [0.15, 0.2) is 6.10 Å². The molecule has 4 nitrogen and oxygen atoms in total. The number of ether oxygens (including phenoxy) is 1. The van der Waals surface area contributed by atoms with Crippen LogP contribution in [0.4, 0.5) is 0 Å². The molecule has 1 aliphatic heterocycles. The van der Waals surface area contributed by atoms with E-state index in [4.69, 9.17) is 4.74 Å². The Balaban J connectivity index is 1.64. The Bertz CT molecular complexity index is 1130. The van der Waals surface area contributed by atoms with Crippen LogP contribution in [0.25, 0.3) is 11.1 Å². The zero-order valence-corrected chi connectivity index (χ0v) is 22.3. The van der Waals surface area contributed by atoms with E-state index in [9.17, 15) is 9.90 Å². The first-order valence-corrected chi connectivity index (χ1v) is 13.4. The molecule has 2 fully saturated rings. The Morgan fingerprint density at radius 3 is 2.31 bits per heavy atom. The topological polar surface area (TPSA) is 49.8 Å². The van der Waals surface area contributed by atoms with Crippen molar-refractivity contribution in [3.05, 3.63) is 57.6 Å². The van der Waals surface area contributed by atoms with Gasteiger partial charge in [-0.25, -0.2) is 4.79 Å². The van der Waals surface area contributed by atoms with Gasteiger partial charge in [0.2, 0.25) is 0 Å². The fourth-order valence-electron chi connectivity index (χ4n) is 7.19. The number of carboxylic acids is 1. The molecule has 5 rings (SSSR count). The summed E-state index contributed by atoms with van der Waals surface area (Å²) >= 11 is 0. The molecule has 0 amide bonds. The lowest BCUT2D eigenvalue weighted by atomic mass is 9.79. The molecule has 35 heavy (non-hydrogen) atoms. The highest BCUT2D eigenvalue weighted by atomic mass is 16.5. The molecule has 1 heterocycles. The Hall–Kier alpha value is -2.17. The molecule has 0 saturated heterocycles. The summed E-state index contributed by atoms with van der Waals surface area (Å²) in [6.45, 7) is 14.3. The van der Waals surface area contributed by atoms with Crippen molar-refractivity contribution in [2.24, 2.45) is 11.8 Å². The lowest BCUT2D eigenvalue weighted by Gasteiger charge is -2.40. The number of carbonyl (C=O) groups is 1. The van der Waals surface area contributed by atoms with Crippen LogP contribution in [0, 0.1) is 32.6 Å². The molecule has 3 unspecified atom stereocenters. The monoisotopic (exact) mass is 475 g/mol. The molecule has 0 aromatic heterocycles. The normalized spacial score (nSPS) is 25.0. The van der Waals surface area contributed by atoms with Gasteiger partial charge < -0.3 is 9.84 Å². The van der Waals surface area contributed by atoms with Crippen molar-refractivity contribution < 1.29 is 14.6 Å². The van der Waals surface area contributed by atoms with Crippen molar-refractivity contribution in [1.29, 1.82) is 0 Å². The number of aryl methyl sites for hydroxylation is 1. The number of aliphatic carboxylic acids is 1. The van der Waals surface area contributed by atoms with E-state index in [0.717, 1.165) is 59.6 Å². The summed E-state index contributed by atoms with van der Waals surface area (Å²) < 4.78 is 6.22. The number of nitrogens with zero attached hydrogens (tertiary/aromatic N) is 1. The van der Waals surface area contributed by atoms with Gasteiger partial charge in [0.25, 0.3) is 0 Å². The van der Waals surface area contributed by atoms with Crippen molar-refractivity contribution >= 4 is 5.97 Å². The average Bonchev–Trinajstić information content (AvgIpc) is 3.43. The molecule has 2 aromatic rings. The van der Waals surface area contributed by atoms with Gasteiger partial charge in [-0.3, -0.25) is 4.90 Å². The van der Waals surface area contributed by atoms with Crippen LogP contribution >= 0.6 is 0 Å². The number of benzene rings is 2. The highest BCUT2D eigenvalue weighted by Gasteiger charge is 2.43. The SMILES string of the molecule is Cc1ccc(-c2c(C)c3c(c(C)c2[C@H](OC(C)(C)C)C(=O)O)CCN(C2CC4CCC2C4)C3)cc1. The molecule has 2 aromatic carbocycles. The third-order valence-corrected chi connectivity index (χ3v) is 8.80. The molecule has 2 aliphatic carbocycles. The van der Waals surface area contributed by atoms with Gasteiger partial charge >= 0.3 is 5.97 Å². The maximum atomic E-state index is 12.6. The second kappa shape index (κ2) is 9.05. The van der Waals surface area contributed by atoms with Gasteiger partial charge in [0.05, 0.1) is 5.60 Å². The third kappa shape index (κ3) is 4.56. The second-order valence-corrected chi connectivity index (χ2v) is 12.3. The van der Waals surface area contributed by atoms with E-state index in [1.54, 1.807) is 0 Å². The summed E-state index contributed by atoms with van der Waals surface area (Å²) in [7, 11) is 0. The van der Waals surface area contributed by atoms with Crippen LogP contribution in [0.1, 0.15) is 85.9 Å². The van der Waals surface area contributed by atoms with E-state index in [0.29, 0.717) is 0 Å². The summed E-state index contributed by atoms with van der Waals surface area (Å²) in [5.74, 6) is 0.885. The molecule has 4 atom stereocenters. The predicted molar refractivity (Wildman–Crippen MR) is 141 cm³/mol. The third-order valence-electron chi connectivity index (χ3n) is 8.80. The van der Waals surface area contributed by atoms with Crippen LogP contribution in [0.3, 0.4) is 0 Å². The minimum absolute atomic E-state index is 0.567. The molecule has 0 spiro atoms. The number of hydrogen-bond donors (Lipinski definition) is 1. The van der Waals surface area contributed by atoms with E-state index < -0.39 is 17.7 Å². The van der Waals surface area contributed by atoms with Gasteiger partial charge in [-0.15, -0.1) is 0 Å². The van der Waals surface area contributed by atoms with Gasteiger partial charge in [-0.1, -0.05) is 36.2 Å². The quantitative estimate of drug-likeness (QED) is 0.519. The minimum atomic E-state index is -1.00.